The number of H-pyrrole nitrogens is 1. The summed E-state index contributed by atoms with van der Waals surface area (Å²) in [5, 5.41) is 13.9. The van der Waals surface area contributed by atoms with Gasteiger partial charge in [-0.05, 0) is 23.6 Å². The fourth-order valence-electron chi connectivity index (χ4n) is 2.01. The Morgan fingerprint density at radius 1 is 1.17 bits per heavy atom. The van der Waals surface area contributed by atoms with E-state index in [1.165, 1.54) is 11.1 Å². The SMILES string of the molecule is CNC(c1ccc(C(C)(C)C)cc1)c1cn[nH]n1. The second-order valence-electron chi connectivity index (χ2n) is 5.49. The van der Waals surface area contributed by atoms with Crippen molar-refractivity contribution in [1.29, 1.82) is 0 Å². The van der Waals surface area contributed by atoms with Crippen LogP contribution in [0.2, 0.25) is 0 Å². The third-order valence-corrected chi connectivity index (χ3v) is 3.13. The molecular formula is C14H20N4. The van der Waals surface area contributed by atoms with E-state index in [2.05, 4.69) is 65.8 Å². The van der Waals surface area contributed by atoms with Gasteiger partial charge in [0.05, 0.1) is 12.2 Å². The van der Waals surface area contributed by atoms with E-state index in [4.69, 9.17) is 0 Å². The summed E-state index contributed by atoms with van der Waals surface area (Å²) in [7, 11) is 1.93. The van der Waals surface area contributed by atoms with Gasteiger partial charge >= 0.3 is 0 Å². The molecule has 1 atom stereocenters. The molecule has 0 aliphatic heterocycles. The first-order chi connectivity index (χ1) is 8.52. The van der Waals surface area contributed by atoms with Crippen LogP contribution in [0.25, 0.3) is 0 Å². The normalized spacial score (nSPS) is 13.6. The molecule has 0 aliphatic carbocycles. The lowest BCUT2D eigenvalue weighted by Crippen LogP contribution is -2.18. The standard InChI is InChI=1S/C14H20N4/c1-14(2,3)11-7-5-10(6-8-11)13(15-4)12-9-16-18-17-12/h5-9,13,15H,1-4H3,(H,16,17,18). The summed E-state index contributed by atoms with van der Waals surface area (Å²) in [6.07, 6.45) is 1.75. The highest BCUT2D eigenvalue weighted by molar-refractivity contribution is 5.32. The van der Waals surface area contributed by atoms with Gasteiger partial charge in [-0.2, -0.15) is 15.4 Å². The van der Waals surface area contributed by atoms with Crippen molar-refractivity contribution < 1.29 is 0 Å². The van der Waals surface area contributed by atoms with Crippen molar-refractivity contribution in [3.05, 3.63) is 47.3 Å². The summed E-state index contributed by atoms with van der Waals surface area (Å²) in [5.74, 6) is 0. The molecule has 96 valence electrons. The Bertz CT molecular complexity index is 480. The molecule has 0 bridgehead atoms. The van der Waals surface area contributed by atoms with E-state index in [0.29, 0.717) is 0 Å². The molecule has 2 N–H and O–H groups in total. The van der Waals surface area contributed by atoms with Gasteiger partial charge in [0.25, 0.3) is 0 Å². The minimum atomic E-state index is 0.0813. The number of rotatable bonds is 3. The summed E-state index contributed by atoms with van der Waals surface area (Å²) in [5.41, 5.74) is 3.61. The molecule has 0 aliphatic rings. The van der Waals surface area contributed by atoms with Crippen molar-refractivity contribution in [2.75, 3.05) is 7.05 Å². The summed E-state index contributed by atoms with van der Waals surface area (Å²) in [4.78, 5) is 0. The van der Waals surface area contributed by atoms with E-state index in [1.54, 1.807) is 6.20 Å². The molecule has 0 saturated carbocycles. The predicted molar refractivity (Wildman–Crippen MR) is 72.4 cm³/mol. The highest BCUT2D eigenvalue weighted by Crippen LogP contribution is 2.25. The number of nitrogens with one attached hydrogen (secondary N) is 2. The Morgan fingerprint density at radius 2 is 1.83 bits per heavy atom. The number of aromatic amines is 1. The second kappa shape index (κ2) is 4.90. The molecule has 2 rings (SSSR count). The van der Waals surface area contributed by atoms with E-state index in [1.807, 2.05) is 7.05 Å². The summed E-state index contributed by atoms with van der Waals surface area (Å²) in [6, 6.07) is 8.74. The fraction of sp³-hybridized carbons (Fsp3) is 0.429. The first kappa shape index (κ1) is 12.8. The van der Waals surface area contributed by atoms with Crippen molar-refractivity contribution in [2.24, 2.45) is 0 Å². The van der Waals surface area contributed by atoms with Crippen LogP contribution < -0.4 is 5.32 Å². The van der Waals surface area contributed by atoms with Gasteiger partial charge < -0.3 is 5.32 Å². The zero-order chi connectivity index (χ0) is 13.2. The molecule has 1 aromatic carbocycles. The van der Waals surface area contributed by atoms with Gasteiger partial charge in [-0.3, -0.25) is 0 Å². The molecule has 0 saturated heterocycles. The Labute approximate surface area is 108 Å². The van der Waals surface area contributed by atoms with Gasteiger partial charge in [-0.15, -0.1) is 0 Å². The van der Waals surface area contributed by atoms with Gasteiger partial charge in [0, 0.05) is 0 Å². The minimum Gasteiger partial charge on any atom is -0.308 e. The van der Waals surface area contributed by atoms with Crippen LogP contribution in [0, 0.1) is 0 Å². The molecule has 0 fully saturated rings. The van der Waals surface area contributed by atoms with Crippen LogP contribution in [0.4, 0.5) is 0 Å². The Morgan fingerprint density at radius 3 is 2.28 bits per heavy atom. The molecular weight excluding hydrogens is 224 g/mol. The topological polar surface area (TPSA) is 53.6 Å². The molecule has 18 heavy (non-hydrogen) atoms. The Kier molecular flexibility index (Phi) is 3.48. The summed E-state index contributed by atoms with van der Waals surface area (Å²) >= 11 is 0. The molecule has 4 heteroatoms. The maximum Gasteiger partial charge on any atom is 0.104 e. The molecule has 1 heterocycles. The zero-order valence-corrected chi connectivity index (χ0v) is 11.4. The maximum atomic E-state index is 4.14. The lowest BCUT2D eigenvalue weighted by Gasteiger charge is -2.20. The van der Waals surface area contributed by atoms with Crippen molar-refractivity contribution in [3.8, 4) is 0 Å². The van der Waals surface area contributed by atoms with Crippen molar-refractivity contribution >= 4 is 0 Å². The lowest BCUT2D eigenvalue weighted by atomic mass is 9.86. The molecule has 2 aromatic rings. The van der Waals surface area contributed by atoms with Crippen molar-refractivity contribution in [3.63, 3.8) is 0 Å². The third-order valence-electron chi connectivity index (χ3n) is 3.13. The van der Waals surface area contributed by atoms with Gasteiger partial charge in [-0.1, -0.05) is 45.0 Å². The summed E-state index contributed by atoms with van der Waals surface area (Å²) in [6.45, 7) is 6.65. The van der Waals surface area contributed by atoms with Gasteiger partial charge in [0.2, 0.25) is 0 Å². The van der Waals surface area contributed by atoms with Crippen LogP contribution in [0.3, 0.4) is 0 Å². The quantitative estimate of drug-likeness (QED) is 0.871. The number of nitrogens with zero attached hydrogens (tertiary/aromatic N) is 2. The lowest BCUT2D eigenvalue weighted by molar-refractivity contribution is 0.588. The summed E-state index contributed by atoms with van der Waals surface area (Å²) < 4.78 is 0. The number of benzene rings is 1. The smallest absolute Gasteiger partial charge is 0.104 e. The molecule has 0 amide bonds. The maximum absolute atomic E-state index is 4.14. The average Bonchev–Trinajstić information content (AvgIpc) is 2.83. The first-order valence-corrected chi connectivity index (χ1v) is 6.16. The van der Waals surface area contributed by atoms with Crippen LogP contribution in [0.15, 0.2) is 30.5 Å². The van der Waals surface area contributed by atoms with Gasteiger partial charge in [-0.25, -0.2) is 0 Å². The van der Waals surface area contributed by atoms with E-state index in [9.17, 15) is 0 Å². The largest absolute Gasteiger partial charge is 0.308 e. The van der Waals surface area contributed by atoms with Crippen molar-refractivity contribution in [1.82, 2.24) is 20.7 Å². The Hall–Kier alpha value is -1.68. The van der Waals surface area contributed by atoms with Gasteiger partial charge in [0.1, 0.15) is 5.69 Å². The van der Waals surface area contributed by atoms with Gasteiger partial charge in [0.15, 0.2) is 0 Å². The van der Waals surface area contributed by atoms with Crippen LogP contribution in [0.5, 0.6) is 0 Å². The predicted octanol–water partition coefficient (Wildman–Crippen LogP) is 2.41. The third kappa shape index (κ3) is 2.59. The van der Waals surface area contributed by atoms with E-state index in [-0.39, 0.29) is 11.5 Å². The highest BCUT2D eigenvalue weighted by Gasteiger charge is 2.17. The van der Waals surface area contributed by atoms with E-state index >= 15 is 0 Å². The van der Waals surface area contributed by atoms with E-state index in [0.717, 1.165) is 5.69 Å². The zero-order valence-electron chi connectivity index (χ0n) is 11.4. The first-order valence-electron chi connectivity index (χ1n) is 6.16. The second-order valence-corrected chi connectivity index (χ2v) is 5.49. The number of aromatic nitrogens is 3. The molecule has 0 radical (unpaired) electrons. The van der Waals surface area contributed by atoms with Crippen LogP contribution in [0.1, 0.15) is 43.6 Å². The van der Waals surface area contributed by atoms with E-state index < -0.39 is 0 Å². The monoisotopic (exact) mass is 244 g/mol. The highest BCUT2D eigenvalue weighted by atomic mass is 15.3. The average molecular weight is 244 g/mol. The fourth-order valence-corrected chi connectivity index (χ4v) is 2.01. The Balaban J connectivity index is 2.28. The number of hydrogen-bond acceptors (Lipinski definition) is 3. The van der Waals surface area contributed by atoms with Crippen molar-refractivity contribution in [2.45, 2.75) is 32.2 Å². The number of hydrogen-bond donors (Lipinski definition) is 2. The van der Waals surface area contributed by atoms with Crippen LogP contribution in [-0.2, 0) is 5.41 Å². The molecule has 0 spiro atoms. The molecule has 4 nitrogen and oxygen atoms in total. The minimum absolute atomic E-state index is 0.0813. The van der Waals surface area contributed by atoms with Crippen LogP contribution in [-0.4, -0.2) is 22.5 Å². The molecule has 1 unspecified atom stereocenters. The van der Waals surface area contributed by atoms with Crippen LogP contribution >= 0.6 is 0 Å². The molecule has 1 aromatic heterocycles.